The first kappa shape index (κ1) is 15.0. The number of benzene rings is 1. The van der Waals surface area contributed by atoms with Crippen molar-refractivity contribution in [3.8, 4) is 11.4 Å². The number of amides is 1. The van der Waals surface area contributed by atoms with Crippen molar-refractivity contribution in [2.75, 3.05) is 19.6 Å². The molecule has 116 valence electrons. The molecule has 1 aromatic heterocycles. The van der Waals surface area contributed by atoms with Gasteiger partial charge in [0, 0.05) is 49.0 Å². The fourth-order valence-corrected chi connectivity index (χ4v) is 2.26. The van der Waals surface area contributed by atoms with Crippen molar-refractivity contribution in [2.24, 2.45) is 5.92 Å². The molecule has 0 atom stereocenters. The molecule has 0 saturated carbocycles. The molecule has 1 aliphatic heterocycles. The van der Waals surface area contributed by atoms with Crippen LogP contribution in [0.5, 0.6) is 0 Å². The summed E-state index contributed by atoms with van der Waals surface area (Å²) in [6, 6.07) is 7.21. The Bertz CT molecular complexity index is 637. The van der Waals surface area contributed by atoms with Crippen molar-refractivity contribution in [1.29, 1.82) is 0 Å². The minimum Gasteiger partial charge on any atom is -0.356 e. The van der Waals surface area contributed by atoms with E-state index >= 15 is 0 Å². The van der Waals surface area contributed by atoms with Crippen LogP contribution in [0.2, 0.25) is 5.02 Å². The Morgan fingerprint density at radius 3 is 2.82 bits per heavy atom. The van der Waals surface area contributed by atoms with Gasteiger partial charge in [-0.15, -0.1) is 0 Å². The first-order chi connectivity index (χ1) is 10.7. The van der Waals surface area contributed by atoms with Crippen molar-refractivity contribution < 1.29 is 9.32 Å². The van der Waals surface area contributed by atoms with Gasteiger partial charge in [0.15, 0.2) is 0 Å². The van der Waals surface area contributed by atoms with Crippen molar-refractivity contribution in [3.63, 3.8) is 0 Å². The Morgan fingerprint density at radius 1 is 1.36 bits per heavy atom. The number of aromatic nitrogens is 2. The molecular weight excluding hydrogens is 304 g/mol. The standard InChI is InChI=1S/C15H17ClN4O2/c16-12-3-1-11(2-4-12)15-19-14(22-20-15)6-5-13(21)18-9-10-7-17-8-10/h1-4,10,17H,5-9H2,(H,18,21). The average Bonchev–Trinajstić information content (AvgIpc) is 2.93. The molecule has 0 radical (unpaired) electrons. The van der Waals surface area contributed by atoms with Crippen LogP contribution in [0.4, 0.5) is 0 Å². The van der Waals surface area contributed by atoms with Crippen LogP contribution in [0.15, 0.2) is 28.8 Å². The second-order valence-electron chi connectivity index (χ2n) is 5.35. The SMILES string of the molecule is O=C(CCc1nc(-c2ccc(Cl)cc2)no1)NCC1CNC1. The average molecular weight is 321 g/mol. The first-order valence-corrected chi connectivity index (χ1v) is 7.64. The smallest absolute Gasteiger partial charge is 0.227 e. The van der Waals surface area contributed by atoms with E-state index < -0.39 is 0 Å². The van der Waals surface area contributed by atoms with E-state index in [0.29, 0.717) is 35.5 Å². The van der Waals surface area contributed by atoms with E-state index in [1.165, 1.54) is 0 Å². The highest BCUT2D eigenvalue weighted by molar-refractivity contribution is 6.30. The zero-order chi connectivity index (χ0) is 15.4. The molecule has 2 N–H and O–H groups in total. The monoisotopic (exact) mass is 320 g/mol. The zero-order valence-electron chi connectivity index (χ0n) is 12.0. The molecule has 7 heteroatoms. The van der Waals surface area contributed by atoms with Gasteiger partial charge in [-0.1, -0.05) is 16.8 Å². The molecule has 1 amide bonds. The molecule has 0 spiro atoms. The lowest BCUT2D eigenvalue weighted by Crippen LogP contribution is -2.48. The predicted molar refractivity (Wildman–Crippen MR) is 82.4 cm³/mol. The summed E-state index contributed by atoms with van der Waals surface area (Å²) in [4.78, 5) is 16.0. The van der Waals surface area contributed by atoms with E-state index in [2.05, 4.69) is 20.8 Å². The molecule has 1 aliphatic rings. The molecule has 22 heavy (non-hydrogen) atoms. The molecular formula is C15H17ClN4O2. The molecule has 2 heterocycles. The van der Waals surface area contributed by atoms with Crippen molar-refractivity contribution in [1.82, 2.24) is 20.8 Å². The van der Waals surface area contributed by atoms with Gasteiger partial charge >= 0.3 is 0 Å². The van der Waals surface area contributed by atoms with Gasteiger partial charge in [-0.05, 0) is 24.3 Å². The molecule has 0 unspecified atom stereocenters. The number of nitrogens with zero attached hydrogens (tertiary/aromatic N) is 2. The number of hydrogen-bond acceptors (Lipinski definition) is 5. The highest BCUT2D eigenvalue weighted by atomic mass is 35.5. The maximum atomic E-state index is 11.7. The van der Waals surface area contributed by atoms with E-state index in [9.17, 15) is 4.79 Å². The molecule has 1 fully saturated rings. The summed E-state index contributed by atoms with van der Waals surface area (Å²) in [6.07, 6.45) is 0.789. The van der Waals surface area contributed by atoms with Gasteiger partial charge in [-0.25, -0.2) is 0 Å². The van der Waals surface area contributed by atoms with Gasteiger partial charge in [-0.2, -0.15) is 4.98 Å². The van der Waals surface area contributed by atoms with Gasteiger partial charge < -0.3 is 15.2 Å². The summed E-state index contributed by atoms with van der Waals surface area (Å²) in [5.41, 5.74) is 0.835. The quantitative estimate of drug-likeness (QED) is 0.846. The maximum Gasteiger partial charge on any atom is 0.227 e. The van der Waals surface area contributed by atoms with Gasteiger partial charge in [0.1, 0.15) is 0 Å². The predicted octanol–water partition coefficient (Wildman–Crippen LogP) is 1.66. The van der Waals surface area contributed by atoms with Crippen LogP contribution in [-0.4, -0.2) is 35.7 Å². The maximum absolute atomic E-state index is 11.7. The number of rotatable bonds is 6. The van der Waals surface area contributed by atoms with Crippen molar-refractivity contribution >= 4 is 17.5 Å². The summed E-state index contributed by atoms with van der Waals surface area (Å²) < 4.78 is 5.17. The minimum absolute atomic E-state index is 0.0122. The number of aryl methyl sites for hydroxylation is 1. The molecule has 0 aliphatic carbocycles. The lowest BCUT2D eigenvalue weighted by molar-refractivity contribution is -0.121. The van der Waals surface area contributed by atoms with Crippen LogP contribution in [0, 0.1) is 5.92 Å². The summed E-state index contributed by atoms with van der Waals surface area (Å²) in [5, 5.41) is 10.7. The number of carbonyl (C=O) groups excluding carboxylic acids is 1. The molecule has 1 aromatic carbocycles. The van der Waals surface area contributed by atoms with Crippen LogP contribution in [0.25, 0.3) is 11.4 Å². The largest absolute Gasteiger partial charge is 0.356 e. The van der Waals surface area contributed by atoms with E-state index in [1.54, 1.807) is 12.1 Å². The van der Waals surface area contributed by atoms with Crippen LogP contribution in [0.3, 0.4) is 0 Å². The molecule has 0 bridgehead atoms. The number of carbonyl (C=O) groups is 1. The minimum atomic E-state index is 0.0122. The fraction of sp³-hybridized carbons (Fsp3) is 0.400. The van der Waals surface area contributed by atoms with Crippen LogP contribution in [0.1, 0.15) is 12.3 Å². The highest BCUT2D eigenvalue weighted by Crippen LogP contribution is 2.18. The number of hydrogen-bond donors (Lipinski definition) is 2. The van der Waals surface area contributed by atoms with E-state index in [1.807, 2.05) is 12.1 Å². The Labute approximate surface area is 133 Å². The Morgan fingerprint density at radius 2 is 2.14 bits per heavy atom. The molecule has 2 aromatic rings. The third kappa shape index (κ3) is 3.84. The summed E-state index contributed by atoms with van der Waals surface area (Å²) >= 11 is 5.84. The lowest BCUT2D eigenvalue weighted by Gasteiger charge is -2.27. The second-order valence-corrected chi connectivity index (χ2v) is 5.78. The Kier molecular flexibility index (Phi) is 4.70. The van der Waals surface area contributed by atoms with Crippen LogP contribution >= 0.6 is 11.6 Å². The van der Waals surface area contributed by atoms with E-state index in [0.717, 1.165) is 25.2 Å². The number of halogens is 1. The summed E-state index contributed by atoms with van der Waals surface area (Å²) in [6.45, 7) is 2.69. The zero-order valence-corrected chi connectivity index (χ0v) is 12.8. The number of nitrogens with one attached hydrogen (secondary N) is 2. The third-order valence-electron chi connectivity index (χ3n) is 3.59. The van der Waals surface area contributed by atoms with Gasteiger partial charge in [-0.3, -0.25) is 4.79 Å². The summed E-state index contributed by atoms with van der Waals surface area (Å²) in [5.74, 6) is 1.54. The van der Waals surface area contributed by atoms with Gasteiger partial charge in [0.2, 0.25) is 17.6 Å². The van der Waals surface area contributed by atoms with Gasteiger partial charge in [0.25, 0.3) is 0 Å². The molecule has 1 saturated heterocycles. The third-order valence-corrected chi connectivity index (χ3v) is 3.84. The lowest BCUT2D eigenvalue weighted by atomic mass is 10.0. The fourth-order valence-electron chi connectivity index (χ4n) is 2.13. The first-order valence-electron chi connectivity index (χ1n) is 7.26. The second kappa shape index (κ2) is 6.89. The van der Waals surface area contributed by atoms with Crippen LogP contribution in [-0.2, 0) is 11.2 Å². The van der Waals surface area contributed by atoms with Crippen LogP contribution < -0.4 is 10.6 Å². The molecule has 3 rings (SSSR count). The topological polar surface area (TPSA) is 80.0 Å². The van der Waals surface area contributed by atoms with Crippen molar-refractivity contribution in [3.05, 3.63) is 35.2 Å². The highest BCUT2D eigenvalue weighted by Gasteiger charge is 2.17. The Hall–Kier alpha value is -1.92. The normalized spacial score (nSPS) is 14.6. The van der Waals surface area contributed by atoms with E-state index in [-0.39, 0.29) is 5.91 Å². The summed E-state index contributed by atoms with van der Waals surface area (Å²) in [7, 11) is 0. The van der Waals surface area contributed by atoms with Gasteiger partial charge in [0.05, 0.1) is 0 Å². The van der Waals surface area contributed by atoms with E-state index in [4.69, 9.17) is 16.1 Å². The molecule has 6 nitrogen and oxygen atoms in total. The van der Waals surface area contributed by atoms with Crippen molar-refractivity contribution in [2.45, 2.75) is 12.8 Å². The Balaban J connectivity index is 1.48.